The van der Waals surface area contributed by atoms with E-state index in [1.54, 1.807) is 4.68 Å². The van der Waals surface area contributed by atoms with Crippen molar-refractivity contribution in [3.63, 3.8) is 0 Å². The number of rotatable bonds is 6. The Bertz CT molecular complexity index is 1130. The van der Waals surface area contributed by atoms with Gasteiger partial charge in [-0.3, -0.25) is 14.5 Å². The first-order valence-electron chi connectivity index (χ1n) is 11.0. The highest BCUT2D eigenvalue weighted by atomic mass is 16.2. The van der Waals surface area contributed by atoms with Crippen LogP contribution in [0.4, 0.5) is 0 Å². The second-order valence-electron chi connectivity index (χ2n) is 8.34. The summed E-state index contributed by atoms with van der Waals surface area (Å²) in [5, 5.41) is 12.4. The normalized spacial score (nSPS) is 17.2. The van der Waals surface area contributed by atoms with Gasteiger partial charge in [0, 0.05) is 19.1 Å². The van der Waals surface area contributed by atoms with Crippen LogP contribution in [0.1, 0.15) is 37.6 Å². The van der Waals surface area contributed by atoms with Crippen LogP contribution in [-0.4, -0.2) is 56.0 Å². The van der Waals surface area contributed by atoms with Crippen LogP contribution in [0.25, 0.3) is 16.6 Å². The molecule has 31 heavy (non-hydrogen) atoms. The van der Waals surface area contributed by atoms with Gasteiger partial charge < -0.3 is 5.32 Å². The molecule has 1 fully saturated rings. The molecule has 1 aliphatic rings. The lowest BCUT2D eigenvalue weighted by Crippen LogP contribution is -2.43. The molecule has 0 unspecified atom stereocenters. The van der Waals surface area contributed by atoms with E-state index in [0.29, 0.717) is 29.2 Å². The molecule has 1 N–H and O–H groups in total. The summed E-state index contributed by atoms with van der Waals surface area (Å²) >= 11 is 0. The predicted molar refractivity (Wildman–Crippen MR) is 120 cm³/mol. The highest BCUT2D eigenvalue weighted by molar-refractivity contribution is 5.83. The van der Waals surface area contributed by atoms with Crippen LogP contribution < -0.4 is 10.9 Å². The van der Waals surface area contributed by atoms with Crippen LogP contribution in [0.2, 0.25) is 0 Å². The molecule has 0 saturated carbocycles. The highest BCUT2D eigenvalue weighted by Crippen LogP contribution is 2.19. The van der Waals surface area contributed by atoms with Crippen LogP contribution in [0.3, 0.4) is 0 Å². The van der Waals surface area contributed by atoms with Gasteiger partial charge in [0.05, 0.1) is 22.5 Å². The van der Waals surface area contributed by atoms with Gasteiger partial charge in [0.2, 0.25) is 5.91 Å². The fraction of sp³-hybridized carbons (Fsp3) is 0.478. The van der Waals surface area contributed by atoms with E-state index < -0.39 is 0 Å². The number of para-hydroxylation sites is 1. The molecule has 4 rings (SSSR count). The number of aryl methyl sites for hydroxylation is 2. The fourth-order valence-electron chi connectivity index (χ4n) is 4.36. The van der Waals surface area contributed by atoms with Crippen molar-refractivity contribution in [3.05, 3.63) is 52.1 Å². The second-order valence-corrected chi connectivity index (χ2v) is 8.34. The van der Waals surface area contributed by atoms with Crippen molar-refractivity contribution in [1.29, 1.82) is 0 Å². The second kappa shape index (κ2) is 9.01. The molecule has 2 aromatic heterocycles. The number of nitrogens with zero attached hydrogens (tertiary/aromatic N) is 5. The van der Waals surface area contributed by atoms with E-state index in [0.717, 1.165) is 24.5 Å². The number of nitrogens with one attached hydrogen (secondary N) is 1. The number of aromatic nitrogens is 4. The molecule has 164 valence electrons. The fourth-order valence-corrected chi connectivity index (χ4v) is 4.36. The Kier molecular flexibility index (Phi) is 6.18. The molecular formula is C23H30N6O2. The maximum absolute atomic E-state index is 13.1. The Morgan fingerprint density at radius 2 is 1.94 bits per heavy atom. The number of fused-ring (bicyclic) bond motifs is 1. The number of hydrogen-bond donors (Lipinski definition) is 1. The molecule has 8 heteroatoms. The number of benzene rings is 1. The van der Waals surface area contributed by atoms with E-state index in [9.17, 15) is 9.59 Å². The molecule has 0 aliphatic carbocycles. The smallest absolute Gasteiger partial charge is 0.278 e. The first kappa shape index (κ1) is 21.2. The maximum atomic E-state index is 13.1. The summed E-state index contributed by atoms with van der Waals surface area (Å²) in [5.41, 5.74) is 2.53. The van der Waals surface area contributed by atoms with Gasteiger partial charge in [0.1, 0.15) is 12.1 Å². The Balaban J connectivity index is 1.50. The van der Waals surface area contributed by atoms with Crippen molar-refractivity contribution < 1.29 is 4.79 Å². The molecule has 0 radical (unpaired) electrons. The number of carbonyl (C=O) groups is 1. The third-order valence-corrected chi connectivity index (χ3v) is 6.13. The molecular weight excluding hydrogens is 392 g/mol. The summed E-state index contributed by atoms with van der Waals surface area (Å²) in [6.07, 6.45) is 3.70. The molecule has 3 heterocycles. The molecule has 1 atom stereocenters. The molecule has 8 nitrogen and oxygen atoms in total. The Morgan fingerprint density at radius 3 is 2.68 bits per heavy atom. The molecule has 1 aromatic carbocycles. The largest absolute Gasteiger partial charge is 0.353 e. The molecule has 0 bridgehead atoms. The number of amides is 1. The van der Waals surface area contributed by atoms with Crippen LogP contribution in [-0.2, 0) is 11.3 Å². The van der Waals surface area contributed by atoms with Gasteiger partial charge in [-0.15, -0.1) is 0 Å². The SMILES string of the molecule is Cc1nn(CC(=O)NCCN2CCCC[C@@H]2C)c(=O)c2c(C)n(-c3ccccc3)nc12. The first-order chi connectivity index (χ1) is 15.0. The quantitative estimate of drug-likeness (QED) is 0.658. The summed E-state index contributed by atoms with van der Waals surface area (Å²) in [6, 6.07) is 10.2. The number of hydrogen-bond acceptors (Lipinski definition) is 5. The number of carbonyl (C=O) groups excluding carboxylic acids is 1. The van der Waals surface area contributed by atoms with E-state index in [1.165, 1.54) is 23.9 Å². The molecule has 1 aliphatic heterocycles. The zero-order chi connectivity index (χ0) is 22.0. The number of likely N-dealkylation sites (tertiary alicyclic amines) is 1. The van der Waals surface area contributed by atoms with Gasteiger partial charge in [-0.1, -0.05) is 24.6 Å². The van der Waals surface area contributed by atoms with Gasteiger partial charge in [0.15, 0.2) is 0 Å². The number of piperidine rings is 1. The lowest BCUT2D eigenvalue weighted by Gasteiger charge is -2.33. The average Bonchev–Trinajstić information content (AvgIpc) is 3.12. The van der Waals surface area contributed by atoms with Gasteiger partial charge in [-0.2, -0.15) is 10.2 Å². The summed E-state index contributed by atoms with van der Waals surface area (Å²) in [4.78, 5) is 28.0. The Morgan fingerprint density at radius 1 is 1.16 bits per heavy atom. The van der Waals surface area contributed by atoms with Crippen LogP contribution in [0.5, 0.6) is 0 Å². The zero-order valence-corrected chi connectivity index (χ0v) is 18.5. The van der Waals surface area contributed by atoms with Crippen molar-refractivity contribution in [2.45, 2.75) is 52.6 Å². The first-order valence-corrected chi connectivity index (χ1v) is 11.0. The zero-order valence-electron chi connectivity index (χ0n) is 18.5. The van der Waals surface area contributed by atoms with Gasteiger partial charge in [-0.25, -0.2) is 9.36 Å². The minimum atomic E-state index is -0.292. The summed E-state index contributed by atoms with van der Waals surface area (Å²) in [7, 11) is 0. The molecule has 1 saturated heterocycles. The topological polar surface area (TPSA) is 85.0 Å². The van der Waals surface area contributed by atoms with Crippen LogP contribution in [0, 0.1) is 13.8 Å². The minimum absolute atomic E-state index is 0.0961. The third kappa shape index (κ3) is 4.39. The predicted octanol–water partition coefficient (Wildman–Crippen LogP) is 2.19. The highest BCUT2D eigenvalue weighted by Gasteiger charge is 2.20. The van der Waals surface area contributed by atoms with Gasteiger partial charge in [-0.05, 0) is 52.3 Å². The van der Waals surface area contributed by atoms with Crippen molar-refractivity contribution >= 4 is 16.8 Å². The van der Waals surface area contributed by atoms with Crippen molar-refractivity contribution in [2.24, 2.45) is 0 Å². The van der Waals surface area contributed by atoms with Crippen LogP contribution >= 0.6 is 0 Å². The van der Waals surface area contributed by atoms with E-state index in [4.69, 9.17) is 0 Å². The summed E-state index contributed by atoms with van der Waals surface area (Å²) in [6.45, 7) is 8.31. The van der Waals surface area contributed by atoms with E-state index in [1.807, 2.05) is 44.2 Å². The van der Waals surface area contributed by atoms with E-state index >= 15 is 0 Å². The third-order valence-electron chi connectivity index (χ3n) is 6.13. The molecule has 1 amide bonds. The van der Waals surface area contributed by atoms with E-state index in [-0.39, 0.29) is 18.0 Å². The maximum Gasteiger partial charge on any atom is 0.278 e. The van der Waals surface area contributed by atoms with E-state index in [2.05, 4.69) is 27.3 Å². The van der Waals surface area contributed by atoms with Crippen molar-refractivity contribution in [3.8, 4) is 5.69 Å². The van der Waals surface area contributed by atoms with Crippen molar-refractivity contribution in [2.75, 3.05) is 19.6 Å². The lowest BCUT2D eigenvalue weighted by atomic mass is 10.0. The standard InChI is InChI=1S/C23H30N6O2/c1-16-9-7-8-13-27(16)14-12-24-20(30)15-28-23(31)21-18(3)29(19-10-5-4-6-11-19)26-22(21)17(2)25-28/h4-6,10-11,16H,7-9,12-15H2,1-3H3,(H,24,30)/t16-/m0/s1. The monoisotopic (exact) mass is 422 g/mol. The Hall–Kier alpha value is -3.00. The van der Waals surface area contributed by atoms with Gasteiger partial charge >= 0.3 is 0 Å². The summed E-state index contributed by atoms with van der Waals surface area (Å²) in [5.74, 6) is -0.203. The molecule has 0 spiro atoms. The molecule has 3 aromatic rings. The Labute approximate surface area is 181 Å². The lowest BCUT2D eigenvalue weighted by molar-refractivity contribution is -0.122. The van der Waals surface area contributed by atoms with Crippen molar-refractivity contribution in [1.82, 2.24) is 29.8 Å². The average molecular weight is 423 g/mol. The van der Waals surface area contributed by atoms with Crippen LogP contribution in [0.15, 0.2) is 35.1 Å². The van der Waals surface area contributed by atoms with Gasteiger partial charge in [0.25, 0.3) is 5.56 Å². The summed E-state index contributed by atoms with van der Waals surface area (Å²) < 4.78 is 3.01. The minimum Gasteiger partial charge on any atom is -0.353 e.